The number of aromatic nitrogens is 1. The number of carbonyl (C=O) groups is 1. The Kier molecular flexibility index (Phi) is 8.51. The Bertz CT molecular complexity index is 1090. The van der Waals surface area contributed by atoms with Crippen LogP contribution in [0.5, 0.6) is 0 Å². The minimum absolute atomic E-state index is 0.187. The van der Waals surface area contributed by atoms with E-state index in [-0.39, 0.29) is 12.1 Å². The molecule has 1 heterocycles. The van der Waals surface area contributed by atoms with Gasteiger partial charge in [-0.05, 0) is 54.8 Å². The first-order valence-corrected chi connectivity index (χ1v) is 12.2. The van der Waals surface area contributed by atoms with E-state index < -0.39 is 7.60 Å². The van der Waals surface area contributed by atoms with Gasteiger partial charge in [-0.1, -0.05) is 42.5 Å². The van der Waals surface area contributed by atoms with Crippen molar-refractivity contribution >= 4 is 25.3 Å². The summed E-state index contributed by atoms with van der Waals surface area (Å²) in [5.74, 6) is -0.255. The van der Waals surface area contributed by atoms with Crippen LogP contribution >= 0.6 is 7.60 Å². The molecule has 0 unspecified atom stereocenters. The molecule has 6 nitrogen and oxygen atoms in total. The van der Waals surface area contributed by atoms with Gasteiger partial charge < -0.3 is 14.4 Å². The number of nitrogens with one attached hydrogen (secondary N) is 1. The fourth-order valence-corrected chi connectivity index (χ4v) is 4.91. The molecular formula is C25H27N2O4P. The summed E-state index contributed by atoms with van der Waals surface area (Å²) in [5.41, 5.74) is 4.36. The van der Waals surface area contributed by atoms with Crippen LogP contribution in [0.4, 0.5) is 5.69 Å². The highest BCUT2D eigenvalue weighted by Crippen LogP contribution is 2.51. The first-order chi connectivity index (χ1) is 15.5. The molecule has 7 heteroatoms. The summed E-state index contributed by atoms with van der Waals surface area (Å²) in [6.45, 7) is 4.21. The van der Waals surface area contributed by atoms with Crippen LogP contribution < -0.4 is 5.32 Å². The van der Waals surface area contributed by atoms with Crippen LogP contribution in [0.3, 0.4) is 0 Å². The van der Waals surface area contributed by atoms with Gasteiger partial charge in [-0.2, -0.15) is 0 Å². The van der Waals surface area contributed by atoms with Gasteiger partial charge in [-0.15, -0.1) is 0 Å². The predicted molar refractivity (Wildman–Crippen MR) is 128 cm³/mol. The highest BCUT2D eigenvalue weighted by Gasteiger charge is 2.23. The molecule has 32 heavy (non-hydrogen) atoms. The van der Waals surface area contributed by atoms with Gasteiger partial charge >= 0.3 is 7.60 Å². The molecule has 2 aromatic carbocycles. The molecule has 0 aliphatic heterocycles. The maximum absolute atomic E-state index is 12.7. The summed E-state index contributed by atoms with van der Waals surface area (Å²) in [6, 6.07) is 19.0. The van der Waals surface area contributed by atoms with Gasteiger partial charge in [0.1, 0.15) is 0 Å². The fraction of sp³-hybridized carbons (Fsp3) is 0.200. The number of hydrogen-bond donors (Lipinski definition) is 1. The van der Waals surface area contributed by atoms with Crippen molar-refractivity contribution in [1.29, 1.82) is 0 Å². The maximum atomic E-state index is 12.7. The van der Waals surface area contributed by atoms with Crippen molar-refractivity contribution in [2.45, 2.75) is 20.0 Å². The zero-order valence-electron chi connectivity index (χ0n) is 18.2. The largest absolute Gasteiger partial charge is 0.335 e. The lowest BCUT2D eigenvalue weighted by atomic mass is 10.0. The van der Waals surface area contributed by atoms with Crippen LogP contribution in [0, 0.1) is 0 Å². The maximum Gasteiger partial charge on any atom is 0.335 e. The lowest BCUT2D eigenvalue weighted by molar-refractivity contribution is -0.111. The van der Waals surface area contributed by atoms with Gasteiger partial charge in [0.15, 0.2) is 0 Å². The van der Waals surface area contributed by atoms with E-state index in [9.17, 15) is 9.36 Å². The molecule has 1 aromatic heterocycles. The molecule has 1 N–H and O–H groups in total. The second-order valence-corrected chi connectivity index (χ2v) is 9.01. The summed E-state index contributed by atoms with van der Waals surface area (Å²) in [6.07, 6.45) is 6.88. The zero-order valence-corrected chi connectivity index (χ0v) is 19.1. The number of benzene rings is 2. The summed E-state index contributed by atoms with van der Waals surface area (Å²) in [4.78, 5) is 16.6. The molecule has 0 fully saturated rings. The van der Waals surface area contributed by atoms with Gasteiger partial charge in [0.05, 0.1) is 19.4 Å². The molecule has 0 aliphatic rings. The molecule has 0 aliphatic carbocycles. The Labute approximate surface area is 188 Å². The number of carbonyl (C=O) groups excluding carboxylic acids is 1. The topological polar surface area (TPSA) is 77.5 Å². The van der Waals surface area contributed by atoms with Crippen molar-refractivity contribution in [1.82, 2.24) is 4.98 Å². The third-order valence-corrected chi connectivity index (χ3v) is 6.66. The number of rotatable bonds is 10. The molecule has 1 amide bonds. The van der Waals surface area contributed by atoms with Gasteiger partial charge in [-0.25, -0.2) is 0 Å². The average molecular weight is 450 g/mol. The fourth-order valence-electron chi connectivity index (χ4n) is 3.21. The molecule has 3 rings (SSSR count). The number of hydrogen-bond acceptors (Lipinski definition) is 5. The van der Waals surface area contributed by atoms with Crippen LogP contribution in [-0.2, 0) is 24.6 Å². The number of pyridine rings is 1. The quantitative estimate of drug-likeness (QED) is 0.295. The SMILES string of the molecule is CCOP(=O)(Cc1ccc(NC(=O)/C=C/c2cnccc2-c2ccccc2)cc1)OCC. The van der Waals surface area contributed by atoms with Crippen molar-refractivity contribution in [2.75, 3.05) is 18.5 Å². The van der Waals surface area contributed by atoms with Gasteiger partial charge in [0.2, 0.25) is 5.91 Å². The smallest absolute Gasteiger partial charge is 0.323 e. The Morgan fingerprint density at radius 1 is 1.00 bits per heavy atom. The van der Waals surface area contributed by atoms with E-state index in [4.69, 9.17) is 9.05 Å². The number of amides is 1. The Balaban J connectivity index is 1.65. The second kappa shape index (κ2) is 11.5. The standard InChI is InChI=1S/C25H27N2O4P/c1-3-30-32(29,31-4-2)19-20-10-13-23(14-11-20)27-25(28)15-12-22-18-26-17-16-24(22)21-8-6-5-7-9-21/h5-18H,3-4,19H2,1-2H3,(H,27,28)/b15-12+. The molecule has 3 aromatic rings. The van der Waals surface area contributed by atoms with E-state index in [2.05, 4.69) is 10.3 Å². The average Bonchev–Trinajstić information content (AvgIpc) is 2.80. The molecule has 0 saturated heterocycles. The highest BCUT2D eigenvalue weighted by molar-refractivity contribution is 7.53. The lowest BCUT2D eigenvalue weighted by Gasteiger charge is -2.17. The van der Waals surface area contributed by atoms with Crippen LogP contribution in [0.25, 0.3) is 17.2 Å². The van der Waals surface area contributed by atoms with Gasteiger partial charge in [0.25, 0.3) is 0 Å². The summed E-state index contributed by atoms with van der Waals surface area (Å²) < 4.78 is 23.3. The number of anilines is 1. The molecule has 0 saturated carbocycles. The van der Waals surface area contributed by atoms with Crippen LogP contribution in [0.15, 0.2) is 79.1 Å². The van der Waals surface area contributed by atoms with Crippen LogP contribution in [0.1, 0.15) is 25.0 Å². The van der Waals surface area contributed by atoms with E-state index in [1.54, 1.807) is 56.6 Å². The molecule has 0 spiro atoms. The van der Waals surface area contributed by atoms with Crippen molar-refractivity contribution in [3.8, 4) is 11.1 Å². The normalized spacial score (nSPS) is 11.6. The molecule has 0 bridgehead atoms. The zero-order chi connectivity index (χ0) is 22.8. The molecular weight excluding hydrogens is 423 g/mol. The summed E-state index contributed by atoms with van der Waals surface area (Å²) in [5, 5.41) is 2.83. The van der Waals surface area contributed by atoms with E-state index in [0.717, 1.165) is 22.3 Å². The van der Waals surface area contributed by atoms with E-state index >= 15 is 0 Å². The Morgan fingerprint density at radius 3 is 2.34 bits per heavy atom. The van der Waals surface area contributed by atoms with Crippen molar-refractivity contribution in [2.24, 2.45) is 0 Å². The molecule has 0 radical (unpaired) electrons. The Hall–Kier alpha value is -3.05. The predicted octanol–water partition coefficient (Wildman–Crippen LogP) is 6.17. The number of nitrogens with zero attached hydrogens (tertiary/aromatic N) is 1. The van der Waals surface area contributed by atoms with E-state index in [1.165, 1.54) is 6.08 Å². The van der Waals surface area contributed by atoms with E-state index in [0.29, 0.717) is 18.9 Å². The van der Waals surface area contributed by atoms with Crippen LogP contribution in [0.2, 0.25) is 0 Å². The monoisotopic (exact) mass is 450 g/mol. The minimum atomic E-state index is -3.16. The Morgan fingerprint density at radius 2 is 1.69 bits per heavy atom. The van der Waals surface area contributed by atoms with E-state index in [1.807, 2.05) is 36.4 Å². The van der Waals surface area contributed by atoms with Crippen molar-refractivity contribution in [3.05, 3.63) is 90.3 Å². The van der Waals surface area contributed by atoms with Gasteiger partial charge in [-0.3, -0.25) is 14.3 Å². The summed E-state index contributed by atoms with van der Waals surface area (Å²) >= 11 is 0. The van der Waals surface area contributed by atoms with Crippen molar-refractivity contribution < 1.29 is 18.4 Å². The minimum Gasteiger partial charge on any atom is -0.323 e. The molecule has 166 valence electrons. The third kappa shape index (κ3) is 6.72. The highest BCUT2D eigenvalue weighted by atomic mass is 31.2. The first kappa shape index (κ1) is 23.6. The second-order valence-electron chi connectivity index (χ2n) is 6.95. The summed E-state index contributed by atoms with van der Waals surface area (Å²) in [7, 11) is -3.16. The van der Waals surface area contributed by atoms with Gasteiger partial charge in [0, 0.05) is 29.7 Å². The van der Waals surface area contributed by atoms with Crippen LogP contribution in [-0.4, -0.2) is 24.1 Å². The molecule has 0 atom stereocenters. The van der Waals surface area contributed by atoms with Crippen molar-refractivity contribution in [3.63, 3.8) is 0 Å². The lowest BCUT2D eigenvalue weighted by Crippen LogP contribution is -2.07. The third-order valence-electron chi connectivity index (χ3n) is 4.60. The first-order valence-electron chi connectivity index (χ1n) is 10.5.